The lowest BCUT2D eigenvalue weighted by atomic mass is 9.90. The van der Waals surface area contributed by atoms with E-state index in [2.05, 4.69) is 149 Å². The Morgan fingerprint density at radius 3 is 1.74 bits per heavy atom. The maximum absolute atomic E-state index is 5.64. The molecule has 0 fully saturated rings. The van der Waals surface area contributed by atoms with E-state index in [0.717, 1.165) is 11.2 Å². The second-order valence-corrected chi connectivity index (χ2v) is 15.0. The van der Waals surface area contributed by atoms with E-state index >= 15 is 0 Å². The van der Waals surface area contributed by atoms with Gasteiger partial charge in [-0.2, -0.15) is 0 Å². The van der Waals surface area contributed by atoms with E-state index in [-0.39, 0.29) is 0 Å². The third-order valence-corrected chi connectivity index (χ3v) is 13.1. The Morgan fingerprint density at radius 1 is 0.522 bits per heavy atom. The number of nitrogens with zero attached hydrogens (tertiary/aromatic N) is 3. The summed E-state index contributed by atoms with van der Waals surface area (Å²) in [5.74, 6) is 0.721. The van der Waals surface area contributed by atoms with Crippen molar-refractivity contribution in [1.29, 1.82) is 0 Å². The summed E-state index contributed by atoms with van der Waals surface area (Å²) in [6.45, 7) is 0. The predicted octanol–water partition coefficient (Wildman–Crippen LogP) is 10.6. The van der Waals surface area contributed by atoms with E-state index in [9.17, 15) is 0 Å². The zero-order valence-electron chi connectivity index (χ0n) is 24.7. The standard InChI is InChI=1S/C41H27N3S2/c1-5-17-31-24(11-1)30-23-35-38(42-41(30)44(31)34-20-10-16-28-26-13-4-8-22-37(26)46-40(28)34)29-14-2-6-18-32(29)43(35)33-19-9-15-27-25-12-3-7-21-36(25)45-39(27)33/h1-23,27-28,39-40H. The van der Waals surface area contributed by atoms with Gasteiger partial charge in [0, 0.05) is 49.2 Å². The molecule has 4 unspecified atom stereocenters. The Hall–Kier alpha value is -4.71. The zero-order chi connectivity index (χ0) is 29.9. The molecule has 2 aliphatic heterocycles. The molecule has 11 rings (SSSR count). The monoisotopic (exact) mass is 625 g/mol. The van der Waals surface area contributed by atoms with Crippen molar-refractivity contribution in [2.45, 2.75) is 32.1 Å². The van der Waals surface area contributed by atoms with Crippen LogP contribution >= 0.6 is 23.5 Å². The average Bonchev–Trinajstić information content (AvgIpc) is 3.85. The molecule has 0 N–H and O–H groups in total. The third kappa shape index (κ3) is 3.34. The van der Waals surface area contributed by atoms with Gasteiger partial charge >= 0.3 is 0 Å². The molecule has 3 nitrogen and oxygen atoms in total. The number of allylic oxidation sites excluding steroid dienone is 6. The van der Waals surface area contributed by atoms with Crippen molar-refractivity contribution in [3.63, 3.8) is 0 Å². The van der Waals surface area contributed by atoms with Crippen molar-refractivity contribution >= 4 is 78.8 Å². The number of pyridine rings is 1. The molecule has 0 bridgehead atoms. The van der Waals surface area contributed by atoms with Crippen LogP contribution in [0.5, 0.6) is 0 Å². The number of hydrogen-bond donors (Lipinski definition) is 0. The highest BCUT2D eigenvalue weighted by molar-refractivity contribution is 8.01. The summed E-state index contributed by atoms with van der Waals surface area (Å²) in [5.41, 5.74) is 11.2. The highest BCUT2D eigenvalue weighted by Crippen LogP contribution is 2.54. The van der Waals surface area contributed by atoms with Crippen molar-refractivity contribution in [1.82, 2.24) is 14.1 Å². The maximum Gasteiger partial charge on any atom is 0.146 e. The van der Waals surface area contributed by atoms with Crippen molar-refractivity contribution in [3.8, 4) is 0 Å². The van der Waals surface area contributed by atoms with Gasteiger partial charge in [0.25, 0.3) is 0 Å². The molecule has 0 amide bonds. The molecule has 4 atom stereocenters. The van der Waals surface area contributed by atoms with Crippen LogP contribution in [0.15, 0.2) is 149 Å². The van der Waals surface area contributed by atoms with Gasteiger partial charge in [0.1, 0.15) is 5.65 Å². The summed E-state index contributed by atoms with van der Waals surface area (Å²) in [6, 6.07) is 37.9. The first-order valence-corrected chi connectivity index (χ1v) is 17.7. The lowest BCUT2D eigenvalue weighted by Gasteiger charge is -2.25. The summed E-state index contributed by atoms with van der Waals surface area (Å²) >= 11 is 3.98. The molecular formula is C41H27N3S2. The number of fused-ring (bicyclic) bond motifs is 12. The van der Waals surface area contributed by atoms with Crippen LogP contribution in [0.25, 0.3) is 55.3 Å². The minimum Gasteiger partial charge on any atom is -0.310 e. The van der Waals surface area contributed by atoms with Gasteiger partial charge in [0.2, 0.25) is 0 Å². The van der Waals surface area contributed by atoms with Gasteiger partial charge < -0.3 is 4.57 Å². The quantitative estimate of drug-likeness (QED) is 0.191. The Balaban J connectivity index is 1.17. The molecule has 0 saturated carbocycles. The first-order valence-electron chi connectivity index (χ1n) is 16.0. The molecule has 0 saturated heterocycles. The number of thioether (sulfide) groups is 2. The van der Waals surface area contributed by atoms with E-state index in [1.807, 2.05) is 23.5 Å². The number of rotatable bonds is 2. The summed E-state index contributed by atoms with van der Waals surface area (Å²) in [7, 11) is 0. The van der Waals surface area contributed by atoms with Gasteiger partial charge in [-0.1, -0.05) is 97.1 Å². The molecule has 2 aliphatic carbocycles. The fourth-order valence-corrected chi connectivity index (χ4v) is 11.2. The van der Waals surface area contributed by atoms with Crippen LogP contribution in [0, 0.1) is 0 Å². The number of hydrogen-bond acceptors (Lipinski definition) is 3. The molecule has 0 radical (unpaired) electrons. The first kappa shape index (κ1) is 25.5. The van der Waals surface area contributed by atoms with Gasteiger partial charge in [-0.25, -0.2) is 4.98 Å². The van der Waals surface area contributed by atoms with E-state index in [1.165, 1.54) is 65.0 Å². The number of para-hydroxylation sites is 2. The fraction of sp³-hybridized carbons (Fsp3) is 0.0976. The lowest BCUT2D eigenvalue weighted by molar-refractivity contribution is 0.861. The molecule has 4 aromatic carbocycles. The average molecular weight is 626 g/mol. The third-order valence-electron chi connectivity index (χ3n) is 10.3. The molecule has 3 aromatic heterocycles. The Kier molecular flexibility index (Phi) is 5.21. The van der Waals surface area contributed by atoms with Gasteiger partial charge in [-0.05, 0) is 53.6 Å². The highest BCUT2D eigenvalue weighted by Gasteiger charge is 2.39. The number of aromatic nitrogens is 3. The minimum absolute atomic E-state index is 0.303. The van der Waals surface area contributed by atoms with Crippen LogP contribution in [-0.4, -0.2) is 24.6 Å². The summed E-state index contributed by atoms with van der Waals surface area (Å²) in [5, 5.41) is 4.26. The zero-order valence-corrected chi connectivity index (χ0v) is 26.4. The molecule has 46 heavy (non-hydrogen) atoms. The molecule has 218 valence electrons. The van der Waals surface area contributed by atoms with Crippen LogP contribution in [0.4, 0.5) is 0 Å². The Labute approximate surface area is 274 Å². The Morgan fingerprint density at radius 2 is 1.07 bits per heavy atom. The van der Waals surface area contributed by atoms with Crippen LogP contribution in [-0.2, 0) is 0 Å². The first-order chi connectivity index (χ1) is 22.8. The normalized spacial score (nSPS) is 22.7. The van der Waals surface area contributed by atoms with Gasteiger partial charge in [-0.15, -0.1) is 23.5 Å². The second kappa shape index (κ2) is 9.41. The molecule has 5 heterocycles. The molecule has 0 spiro atoms. The van der Waals surface area contributed by atoms with Crippen LogP contribution < -0.4 is 0 Å². The summed E-state index contributed by atoms with van der Waals surface area (Å²) in [4.78, 5) is 8.41. The lowest BCUT2D eigenvalue weighted by Crippen LogP contribution is -2.18. The number of benzene rings is 4. The smallest absolute Gasteiger partial charge is 0.146 e. The van der Waals surface area contributed by atoms with E-state index in [1.54, 1.807) is 0 Å². The molecule has 7 aromatic rings. The van der Waals surface area contributed by atoms with Gasteiger partial charge in [0.05, 0.1) is 32.6 Å². The summed E-state index contributed by atoms with van der Waals surface area (Å²) < 4.78 is 4.96. The van der Waals surface area contributed by atoms with Crippen molar-refractivity contribution in [2.75, 3.05) is 0 Å². The summed E-state index contributed by atoms with van der Waals surface area (Å²) in [6.07, 6.45) is 13.9. The van der Waals surface area contributed by atoms with Crippen molar-refractivity contribution < 1.29 is 0 Å². The fourth-order valence-electron chi connectivity index (χ4n) is 8.29. The minimum atomic E-state index is 0.303. The second-order valence-electron chi connectivity index (χ2n) is 12.6. The van der Waals surface area contributed by atoms with Gasteiger partial charge in [-0.3, -0.25) is 4.57 Å². The van der Waals surface area contributed by atoms with Crippen LogP contribution in [0.2, 0.25) is 0 Å². The predicted molar refractivity (Wildman–Crippen MR) is 195 cm³/mol. The molecular weight excluding hydrogens is 599 g/mol. The highest BCUT2D eigenvalue weighted by atomic mass is 32.2. The largest absolute Gasteiger partial charge is 0.310 e. The van der Waals surface area contributed by atoms with Gasteiger partial charge in [0.15, 0.2) is 0 Å². The SMILES string of the molecule is C1=CC2c3ccccc3SC2C(n2c3ccccc3c3nc4c(cc32)c2ccccc2n4C2=CC=CC3c4ccccc4SC23)=C1. The maximum atomic E-state index is 5.64. The van der Waals surface area contributed by atoms with E-state index < -0.39 is 0 Å². The molecule has 4 aliphatic rings. The Bertz CT molecular complexity index is 2400. The van der Waals surface area contributed by atoms with Crippen LogP contribution in [0.1, 0.15) is 23.0 Å². The van der Waals surface area contributed by atoms with Crippen LogP contribution in [0.3, 0.4) is 0 Å². The van der Waals surface area contributed by atoms with E-state index in [0.29, 0.717) is 22.3 Å². The van der Waals surface area contributed by atoms with Crippen molar-refractivity contribution in [2.24, 2.45) is 0 Å². The van der Waals surface area contributed by atoms with Crippen molar-refractivity contribution in [3.05, 3.63) is 151 Å². The van der Waals surface area contributed by atoms with E-state index in [4.69, 9.17) is 4.98 Å². The topological polar surface area (TPSA) is 22.8 Å². The molecule has 5 heteroatoms.